The van der Waals surface area contributed by atoms with Crippen LogP contribution in [0.25, 0.3) is 6.08 Å². The molecule has 19 heavy (non-hydrogen) atoms. The molecule has 2 aromatic rings. The summed E-state index contributed by atoms with van der Waals surface area (Å²) < 4.78 is 6.35. The molecule has 0 aliphatic heterocycles. The highest BCUT2D eigenvalue weighted by Crippen LogP contribution is 2.08. The normalized spacial score (nSPS) is 10.6. The predicted molar refractivity (Wildman–Crippen MR) is 84.9 cm³/mol. The summed E-state index contributed by atoms with van der Waals surface area (Å²) in [5, 5.41) is 0. The van der Waals surface area contributed by atoms with Crippen molar-refractivity contribution >= 4 is 34.6 Å². The minimum atomic E-state index is -0.298. The highest BCUT2D eigenvalue weighted by molar-refractivity contribution is 14.1. The molecular weight excluding hydrogens is 351 g/mol. The van der Waals surface area contributed by atoms with Gasteiger partial charge in [0.05, 0.1) is 5.56 Å². The van der Waals surface area contributed by atoms with Crippen molar-refractivity contribution in [3.05, 3.63) is 75.4 Å². The summed E-state index contributed by atoms with van der Waals surface area (Å²) in [5.74, 6) is -0.298. The third-order valence-electron chi connectivity index (χ3n) is 2.50. The number of esters is 1. The topological polar surface area (TPSA) is 26.3 Å². The lowest BCUT2D eigenvalue weighted by molar-refractivity contribution is 0.0550. The molecule has 2 rings (SSSR count). The van der Waals surface area contributed by atoms with E-state index in [1.807, 2.05) is 54.6 Å². The van der Waals surface area contributed by atoms with Gasteiger partial charge >= 0.3 is 5.97 Å². The van der Waals surface area contributed by atoms with Gasteiger partial charge in [0.15, 0.2) is 0 Å². The summed E-state index contributed by atoms with van der Waals surface area (Å²) in [6, 6.07) is 17.1. The molecule has 0 N–H and O–H groups in total. The Morgan fingerprint density at radius 1 is 1.05 bits per heavy atom. The van der Waals surface area contributed by atoms with E-state index < -0.39 is 0 Å². The molecule has 0 bridgehead atoms. The van der Waals surface area contributed by atoms with Crippen molar-refractivity contribution in [1.82, 2.24) is 0 Å². The average Bonchev–Trinajstić information content (AvgIpc) is 2.46. The van der Waals surface area contributed by atoms with Crippen molar-refractivity contribution in [2.45, 2.75) is 0 Å². The van der Waals surface area contributed by atoms with E-state index in [9.17, 15) is 4.79 Å². The molecule has 0 amide bonds. The number of rotatable bonds is 4. The Kier molecular flexibility index (Phi) is 5.15. The van der Waals surface area contributed by atoms with Gasteiger partial charge in [0, 0.05) is 3.57 Å². The van der Waals surface area contributed by atoms with Gasteiger partial charge < -0.3 is 4.74 Å². The van der Waals surface area contributed by atoms with Gasteiger partial charge in [0.2, 0.25) is 0 Å². The summed E-state index contributed by atoms with van der Waals surface area (Å²) in [5.41, 5.74) is 1.67. The maximum atomic E-state index is 11.6. The second kappa shape index (κ2) is 7.09. The Morgan fingerprint density at radius 2 is 1.74 bits per heavy atom. The molecule has 2 aromatic carbocycles. The SMILES string of the molecule is O=C(OC/C=C/c1ccc(I)cc1)c1ccccc1. The molecular formula is C16H13IO2. The van der Waals surface area contributed by atoms with Crippen LogP contribution in [0.4, 0.5) is 0 Å². The fourth-order valence-corrected chi connectivity index (χ4v) is 1.90. The van der Waals surface area contributed by atoms with Gasteiger partial charge in [0.25, 0.3) is 0 Å². The molecule has 0 saturated heterocycles. The molecule has 0 radical (unpaired) electrons. The third kappa shape index (κ3) is 4.52. The summed E-state index contributed by atoms with van der Waals surface area (Å²) in [7, 11) is 0. The Balaban J connectivity index is 1.83. The highest BCUT2D eigenvalue weighted by atomic mass is 127. The quantitative estimate of drug-likeness (QED) is 0.602. The van der Waals surface area contributed by atoms with Crippen LogP contribution in [-0.4, -0.2) is 12.6 Å². The predicted octanol–water partition coefficient (Wildman–Crippen LogP) is 4.16. The fraction of sp³-hybridized carbons (Fsp3) is 0.0625. The number of hydrogen-bond donors (Lipinski definition) is 0. The zero-order chi connectivity index (χ0) is 13.5. The van der Waals surface area contributed by atoms with Gasteiger partial charge in [-0.3, -0.25) is 0 Å². The molecule has 0 aromatic heterocycles. The smallest absolute Gasteiger partial charge is 0.338 e. The van der Waals surface area contributed by atoms with Gasteiger partial charge in [-0.2, -0.15) is 0 Å². The van der Waals surface area contributed by atoms with Crippen LogP contribution >= 0.6 is 22.6 Å². The van der Waals surface area contributed by atoms with E-state index >= 15 is 0 Å². The van der Waals surface area contributed by atoms with E-state index in [1.165, 1.54) is 3.57 Å². The zero-order valence-corrected chi connectivity index (χ0v) is 12.4. The maximum Gasteiger partial charge on any atom is 0.338 e. The summed E-state index contributed by atoms with van der Waals surface area (Å²) in [6.45, 7) is 0.277. The lowest BCUT2D eigenvalue weighted by Crippen LogP contribution is -2.04. The average molecular weight is 364 g/mol. The van der Waals surface area contributed by atoms with Crippen LogP contribution in [0, 0.1) is 3.57 Å². The minimum Gasteiger partial charge on any atom is -0.458 e. The number of ether oxygens (including phenoxy) is 1. The van der Waals surface area contributed by atoms with Gasteiger partial charge in [-0.15, -0.1) is 0 Å². The standard InChI is InChI=1S/C16H13IO2/c17-15-10-8-13(9-11-15)5-4-12-19-16(18)14-6-2-1-3-7-14/h1-11H,12H2/b5-4+. The third-order valence-corrected chi connectivity index (χ3v) is 3.22. The van der Waals surface area contributed by atoms with Gasteiger partial charge in [0.1, 0.15) is 6.61 Å². The molecule has 0 saturated carbocycles. The van der Waals surface area contributed by atoms with Crippen molar-refractivity contribution in [2.24, 2.45) is 0 Å². The van der Waals surface area contributed by atoms with Crippen LogP contribution in [0.2, 0.25) is 0 Å². The first-order chi connectivity index (χ1) is 9.25. The van der Waals surface area contributed by atoms with E-state index in [1.54, 1.807) is 12.1 Å². The lowest BCUT2D eigenvalue weighted by Gasteiger charge is -2.01. The van der Waals surface area contributed by atoms with Crippen LogP contribution in [0.15, 0.2) is 60.7 Å². The van der Waals surface area contributed by atoms with Crippen molar-refractivity contribution in [3.8, 4) is 0 Å². The Hall–Kier alpha value is -1.62. The largest absolute Gasteiger partial charge is 0.458 e. The van der Waals surface area contributed by atoms with Crippen LogP contribution in [-0.2, 0) is 4.74 Å². The van der Waals surface area contributed by atoms with Crippen LogP contribution in [0.1, 0.15) is 15.9 Å². The molecule has 3 heteroatoms. The molecule has 96 valence electrons. The lowest BCUT2D eigenvalue weighted by atomic mass is 10.2. The first-order valence-electron chi connectivity index (χ1n) is 5.90. The molecule has 0 spiro atoms. The summed E-state index contributed by atoms with van der Waals surface area (Å²) >= 11 is 2.26. The number of carbonyl (C=O) groups excluding carboxylic acids is 1. The van der Waals surface area contributed by atoms with Gasteiger partial charge in [-0.25, -0.2) is 4.79 Å². The van der Waals surface area contributed by atoms with Crippen LogP contribution in [0.5, 0.6) is 0 Å². The summed E-state index contributed by atoms with van der Waals surface area (Å²) in [4.78, 5) is 11.6. The van der Waals surface area contributed by atoms with E-state index in [4.69, 9.17) is 4.74 Å². The van der Waals surface area contributed by atoms with Crippen LogP contribution in [0.3, 0.4) is 0 Å². The van der Waals surface area contributed by atoms with Crippen molar-refractivity contribution in [2.75, 3.05) is 6.61 Å². The van der Waals surface area contributed by atoms with Crippen molar-refractivity contribution in [1.29, 1.82) is 0 Å². The molecule has 0 heterocycles. The molecule has 0 fully saturated rings. The number of benzene rings is 2. The van der Waals surface area contributed by atoms with E-state index in [2.05, 4.69) is 22.6 Å². The Morgan fingerprint density at radius 3 is 2.42 bits per heavy atom. The van der Waals surface area contributed by atoms with Crippen LogP contribution < -0.4 is 0 Å². The zero-order valence-electron chi connectivity index (χ0n) is 10.3. The van der Waals surface area contributed by atoms with E-state index in [0.29, 0.717) is 5.56 Å². The monoisotopic (exact) mass is 364 g/mol. The van der Waals surface area contributed by atoms with E-state index in [-0.39, 0.29) is 12.6 Å². The van der Waals surface area contributed by atoms with E-state index in [0.717, 1.165) is 5.56 Å². The Labute approximate surface area is 126 Å². The van der Waals surface area contributed by atoms with Gasteiger partial charge in [-0.1, -0.05) is 36.4 Å². The maximum absolute atomic E-state index is 11.6. The van der Waals surface area contributed by atoms with Crippen molar-refractivity contribution in [3.63, 3.8) is 0 Å². The molecule has 0 aliphatic carbocycles. The first kappa shape index (κ1) is 13.8. The highest BCUT2D eigenvalue weighted by Gasteiger charge is 2.03. The molecule has 0 unspecified atom stereocenters. The minimum absolute atomic E-state index is 0.277. The summed E-state index contributed by atoms with van der Waals surface area (Å²) in [6.07, 6.45) is 3.78. The van der Waals surface area contributed by atoms with Gasteiger partial charge in [-0.05, 0) is 58.5 Å². The second-order valence-electron chi connectivity index (χ2n) is 3.92. The first-order valence-corrected chi connectivity index (χ1v) is 6.98. The second-order valence-corrected chi connectivity index (χ2v) is 5.16. The van der Waals surface area contributed by atoms with Crippen molar-refractivity contribution < 1.29 is 9.53 Å². The Bertz CT molecular complexity index is 559. The molecule has 0 aliphatic rings. The number of halogens is 1. The molecule has 2 nitrogen and oxygen atoms in total. The fourth-order valence-electron chi connectivity index (χ4n) is 1.54. The molecule has 0 atom stereocenters. The number of hydrogen-bond acceptors (Lipinski definition) is 2. The number of carbonyl (C=O) groups is 1.